The van der Waals surface area contributed by atoms with E-state index < -0.39 is 0 Å². The molecule has 112 valence electrons. The highest BCUT2D eigenvalue weighted by molar-refractivity contribution is 6.30. The van der Waals surface area contributed by atoms with E-state index in [-0.39, 0.29) is 6.04 Å². The van der Waals surface area contributed by atoms with Crippen molar-refractivity contribution in [2.75, 3.05) is 19.5 Å². The van der Waals surface area contributed by atoms with E-state index in [1.165, 1.54) is 5.56 Å². The Morgan fingerprint density at radius 2 is 1.57 bits per heavy atom. The van der Waals surface area contributed by atoms with Gasteiger partial charge in [-0.1, -0.05) is 23.7 Å². The minimum atomic E-state index is 0.281. The number of hydrogen-bond acceptors (Lipinski definition) is 3. The molecule has 0 amide bonds. The van der Waals surface area contributed by atoms with Gasteiger partial charge in [-0.2, -0.15) is 0 Å². The highest BCUT2D eigenvalue weighted by Crippen LogP contribution is 2.26. The van der Waals surface area contributed by atoms with Crippen molar-refractivity contribution >= 4 is 17.3 Å². The van der Waals surface area contributed by atoms with Gasteiger partial charge in [0.25, 0.3) is 0 Å². The number of ether oxygens (including phenoxy) is 2. The predicted octanol–water partition coefficient (Wildman–Crippen LogP) is 4.40. The lowest BCUT2D eigenvalue weighted by Crippen LogP contribution is -2.18. The monoisotopic (exact) mass is 305 g/mol. The molecule has 2 rings (SSSR count). The minimum Gasteiger partial charge on any atom is -0.497 e. The lowest BCUT2D eigenvalue weighted by atomic mass is 10.1. The van der Waals surface area contributed by atoms with Crippen LogP contribution in [-0.4, -0.2) is 20.3 Å². The van der Waals surface area contributed by atoms with E-state index in [4.69, 9.17) is 21.1 Å². The molecule has 0 aliphatic carbocycles. The topological polar surface area (TPSA) is 30.5 Å². The molecular weight excluding hydrogens is 286 g/mol. The lowest BCUT2D eigenvalue weighted by Gasteiger charge is -2.17. The summed E-state index contributed by atoms with van der Waals surface area (Å²) in [5, 5.41) is 4.22. The van der Waals surface area contributed by atoms with E-state index in [0.29, 0.717) is 0 Å². The fourth-order valence-corrected chi connectivity index (χ4v) is 2.33. The van der Waals surface area contributed by atoms with Crippen molar-refractivity contribution in [2.45, 2.75) is 19.4 Å². The average Bonchev–Trinajstić information content (AvgIpc) is 2.49. The van der Waals surface area contributed by atoms with Crippen LogP contribution in [0.15, 0.2) is 42.5 Å². The maximum absolute atomic E-state index is 5.90. The number of hydrogen-bond donors (Lipinski definition) is 1. The van der Waals surface area contributed by atoms with Gasteiger partial charge in [0.05, 0.1) is 14.2 Å². The van der Waals surface area contributed by atoms with Crippen molar-refractivity contribution in [1.82, 2.24) is 0 Å². The van der Waals surface area contributed by atoms with Crippen molar-refractivity contribution < 1.29 is 9.47 Å². The van der Waals surface area contributed by atoms with Gasteiger partial charge in [0.1, 0.15) is 11.5 Å². The van der Waals surface area contributed by atoms with Crippen LogP contribution < -0.4 is 14.8 Å². The molecule has 0 heterocycles. The normalized spacial score (nSPS) is 11.8. The van der Waals surface area contributed by atoms with E-state index in [1.807, 2.05) is 42.5 Å². The van der Waals surface area contributed by atoms with E-state index in [0.717, 1.165) is 28.6 Å². The zero-order valence-electron chi connectivity index (χ0n) is 12.5. The van der Waals surface area contributed by atoms with Gasteiger partial charge in [-0.3, -0.25) is 0 Å². The zero-order valence-corrected chi connectivity index (χ0v) is 13.3. The van der Waals surface area contributed by atoms with Crippen molar-refractivity contribution in [3.05, 3.63) is 53.1 Å². The Labute approximate surface area is 130 Å². The number of rotatable bonds is 6. The highest BCUT2D eigenvalue weighted by atomic mass is 35.5. The SMILES string of the molecule is COc1cc(NC(C)Cc2ccc(Cl)cc2)cc(OC)c1. The Bertz CT molecular complexity index is 562. The molecule has 3 nitrogen and oxygen atoms in total. The van der Waals surface area contributed by atoms with Crippen LogP contribution in [0.2, 0.25) is 5.02 Å². The molecule has 21 heavy (non-hydrogen) atoms. The summed E-state index contributed by atoms with van der Waals surface area (Å²) in [4.78, 5) is 0. The molecule has 1 atom stereocenters. The van der Waals surface area contributed by atoms with Gasteiger partial charge in [-0.05, 0) is 31.0 Å². The van der Waals surface area contributed by atoms with Crippen LogP contribution in [0.5, 0.6) is 11.5 Å². The number of methoxy groups -OCH3 is 2. The average molecular weight is 306 g/mol. The molecule has 2 aromatic carbocycles. The van der Waals surface area contributed by atoms with Crippen molar-refractivity contribution in [3.63, 3.8) is 0 Å². The van der Waals surface area contributed by atoms with E-state index in [1.54, 1.807) is 14.2 Å². The van der Waals surface area contributed by atoms with E-state index in [9.17, 15) is 0 Å². The number of halogens is 1. The second-order valence-electron chi connectivity index (χ2n) is 4.98. The molecule has 2 aromatic rings. The molecule has 0 aromatic heterocycles. The number of nitrogens with one attached hydrogen (secondary N) is 1. The van der Waals surface area contributed by atoms with Crippen LogP contribution in [0.3, 0.4) is 0 Å². The van der Waals surface area contributed by atoms with Crippen molar-refractivity contribution in [2.24, 2.45) is 0 Å². The van der Waals surface area contributed by atoms with Gasteiger partial charge in [-0.15, -0.1) is 0 Å². The largest absolute Gasteiger partial charge is 0.497 e. The Balaban J connectivity index is 2.04. The maximum atomic E-state index is 5.90. The third-order valence-corrected chi connectivity index (χ3v) is 3.47. The molecule has 0 bridgehead atoms. The number of anilines is 1. The Morgan fingerprint density at radius 1 is 1.00 bits per heavy atom. The third kappa shape index (κ3) is 4.57. The van der Waals surface area contributed by atoms with Crippen LogP contribution in [-0.2, 0) is 6.42 Å². The Morgan fingerprint density at radius 3 is 2.10 bits per heavy atom. The van der Waals surface area contributed by atoms with Crippen LogP contribution in [0.1, 0.15) is 12.5 Å². The first-order chi connectivity index (χ1) is 10.1. The summed E-state index contributed by atoms with van der Waals surface area (Å²) in [5.74, 6) is 1.55. The predicted molar refractivity (Wildman–Crippen MR) is 87.8 cm³/mol. The Hall–Kier alpha value is -1.87. The quantitative estimate of drug-likeness (QED) is 0.858. The molecule has 0 saturated heterocycles. The molecule has 4 heteroatoms. The summed E-state index contributed by atoms with van der Waals surface area (Å²) in [6.45, 7) is 2.14. The van der Waals surface area contributed by atoms with Crippen LogP contribution in [0, 0.1) is 0 Å². The van der Waals surface area contributed by atoms with E-state index >= 15 is 0 Å². The van der Waals surface area contributed by atoms with Gasteiger partial charge in [-0.25, -0.2) is 0 Å². The summed E-state index contributed by atoms with van der Waals surface area (Å²) in [7, 11) is 3.30. The second kappa shape index (κ2) is 7.23. The molecule has 0 aliphatic rings. The smallest absolute Gasteiger partial charge is 0.124 e. The number of benzene rings is 2. The fourth-order valence-electron chi connectivity index (χ4n) is 2.20. The van der Waals surface area contributed by atoms with Crippen LogP contribution >= 0.6 is 11.6 Å². The fraction of sp³-hybridized carbons (Fsp3) is 0.294. The lowest BCUT2D eigenvalue weighted by molar-refractivity contribution is 0.394. The standard InChI is InChI=1S/C17H20ClNO2/c1-12(8-13-4-6-14(18)7-5-13)19-15-9-16(20-2)11-17(10-15)21-3/h4-7,9-12,19H,8H2,1-3H3. The third-order valence-electron chi connectivity index (χ3n) is 3.22. The zero-order chi connectivity index (χ0) is 15.2. The summed E-state index contributed by atoms with van der Waals surface area (Å²) in [6.07, 6.45) is 0.913. The summed E-state index contributed by atoms with van der Waals surface area (Å²) < 4.78 is 10.6. The molecule has 0 saturated carbocycles. The van der Waals surface area contributed by atoms with Crippen molar-refractivity contribution in [1.29, 1.82) is 0 Å². The first-order valence-electron chi connectivity index (χ1n) is 6.84. The molecular formula is C17H20ClNO2. The first-order valence-corrected chi connectivity index (χ1v) is 7.22. The minimum absolute atomic E-state index is 0.281. The molecule has 0 radical (unpaired) electrons. The van der Waals surface area contributed by atoms with Crippen LogP contribution in [0.4, 0.5) is 5.69 Å². The highest BCUT2D eigenvalue weighted by Gasteiger charge is 2.07. The molecule has 0 aliphatic heterocycles. The molecule has 0 fully saturated rings. The molecule has 1 N–H and O–H groups in total. The van der Waals surface area contributed by atoms with Gasteiger partial charge < -0.3 is 14.8 Å². The maximum Gasteiger partial charge on any atom is 0.124 e. The summed E-state index contributed by atoms with van der Waals surface area (Å²) >= 11 is 5.90. The van der Waals surface area contributed by atoms with Crippen LogP contribution in [0.25, 0.3) is 0 Å². The Kier molecular flexibility index (Phi) is 5.34. The first kappa shape index (κ1) is 15.5. The molecule has 0 spiro atoms. The second-order valence-corrected chi connectivity index (χ2v) is 5.41. The summed E-state index contributed by atoms with van der Waals surface area (Å²) in [5.41, 5.74) is 2.22. The van der Waals surface area contributed by atoms with Gasteiger partial charge in [0.15, 0.2) is 0 Å². The van der Waals surface area contributed by atoms with Crippen molar-refractivity contribution in [3.8, 4) is 11.5 Å². The van der Waals surface area contributed by atoms with Gasteiger partial charge in [0.2, 0.25) is 0 Å². The van der Waals surface area contributed by atoms with Gasteiger partial charge in [0, 0.05) is 35.0 Å². The van der Waals surface area contributed by atoms with E-state index in [2.05, 4.69) is 12.2 Å². The summed E-state index contributed by atoms with van der Waals surface area (Å²) in [6, 6.07) is 14.0. The molecule has 1 unspecified atom stereocenters. The van der Waals surface area contributed by atoms with Gasteiger partial charge >= 0.3 is 0 Å².